The fourth-order valence-corrected chi connectivity index (χ4v) is 1.93. The molecule has 96 valence electrons. The molecule has 0 radical (unpaired) electrons. The number of hydrogen-bond acceptors (Lipinski definition) is 3. The molecule has 1 aromatic rings. The third kappa shape index (κ3) is 3.27. The highest BCUT2D eigenvalue weighted by Crippen LogP contribution is 2.30. The molecule has 3 nitrogen and oxygen atoms in total. The lowest BCUT2D eigenvalue weighted by atomic mass is 9.83. The number of anilines is 2. The molecule has 4 N–H and O–H groups in total. The summed E-state index contributed by atoms with van der Waals surface area (Å²) in [6.45, 7) is 5.04. The van der Waals surface area contributed by atoms with Gasteiger partial charge in [-0.25, -0.2) is 0 Å². The number of nitrogens with two attached hydrogens (primary N) is 1. The summed E-state index contributed by atoms with van der Waals surface area (Å²) in [5.74, 6) is 0. The Labute approximate surface area is 108 Å². The van der Waals surface area contributed by atoms with E-state index in [-0.39, 0.29) is 12.0 Å². The van der Waals surface area contributed by atoms with E-state index in [0.717, 1.165) is 18.5 Å². The Bertz CT molecular complexity index is 356. The van der Waals surface area contributed by atoms with Gasteiger partial charge in [-0.05, 0) is 25.0 Å². The van der Waals surface area contributed by atoms with Crippen LogP contribution >= 0.6 is 11.6 Å². The number of hydrogen-bond donors (Lipinski definition) is 3. The zero-order chi connectivity index (χ0) is 12.9. The second-order valence-corrected chi connectivity index (χ2v) is 4.83. The summed E-state index contributed by atoms with van der Waals surface area (Å²) in [5.41, 5.74) is 7.18. The van der Waals surface area contributed by atoms with Gasteiger partial charge in [0.25, 0.3) is 0 Å². The van der Waals surface area contributed by atoms with Crippen molar-refractivity contribution in [1.82, 2.24) is 0 Å². The summed E-state index contributed by atoms with van der Waals surface area (Å²) >= 11 is 5.95. The first-order valence-electron chi connectivity index (χ1n) is 5.97. The average Bonchev–Trinajstić information content (AvgIpc) is 2.36. The van der Waals surface area contributed by atoms with Crippen molar-refractivity contribution >= 4 is 23.0 Å². The highest BCUT2D eigenvalue weighted by Gasteiger charge is 2.25. The van der Waals surface area contributed by atoms with Gasteiger partial charge in [0, 0.05) is 12.0 Å². The van der Waals surface area contributed by atoms with Gasteiger partial charge < -0.3 is 16.2 Å². The van der Waals surface area contributed by atoms with Crippen LogP contribution in [0.15, 0.2) is 18.2 Å². The predicted molar refractivity (Wildman–Crippen MR) is 74.5 cm³/mol. The molecule has 0 unspecified atom stereocenters. The topological polar surface area (TPSA) is 58.3 Å². The van der Waals surface area contributed by atoms with E-state index in [1.165, 1.54) is 0 Å². The van der Waals surface area contributed by atoms with Crippen LogP contribution in [0.2, 0.25) is 5.02 Å². The van der Waals surface area contributed by atoms with Gasteiger partial charge in [-0.3, -0.25) is 0 Å². The van der Waals surface area contributed by atoms with Gasteiger partial charge in [0.2, 0.25) is 0 Å². The van der Waals surface area contributed by atoms with Gasteiger partial charge in [-0.1, -0.05) is 31.5 Å². The molecule has 17 heavy (non-hydrogen) atoms. The molecule has 0 saturated carbocycles. The average molecular weight is 257 g/mol. The number of nitrogen functional groups attached to an aromatic ring is 1. The lowest BCUT2D eigenvalue weighted by molar-refractivity contribution is 0.127. The molecule has 0 saturated heterocycles. The van der Waals surface area contributed by atoms with E-state index in [1.807, 2.05) is 12.1 Å². The van der Waals surface area contributed by atoms with Crippen molar-refractivity contribution in [3.8, 4) is 0 Å². The summed E-state index contributed by atoms with van der Waals surface area (Å²) < 4.78 is 0. The lowest BCUT2D eigenvalue weighted by Crippen LogP contribution is -2.32. The molecule has 4 heteroatoms. The molecular weight excluding hydrogens is 236 g/mol. The van der Waals surface area contributed by atoms with Crippen molar-refractivity contribution in [2.24, 2.45) is 5.41 Å². The van der Waals surface area contributed by atoms with Crippen molar-refractivity contribution in [3.05, 3.63) is 23.2 Å². The number of para-hydroxylation sites is 1. The largest absolute Gasteiger partial charge is 0.396 e. The molecule has 1 aromatic carbocycles. The van der Waals surface area contributed by atoms with E-state index in [2.05, 4.69) is 19.2 Å². The highest BCUT2D eigenvalue weighted by molar-refractivity contribution is 6.33. The Balaban J connectivity index is 2.75. The molecule has 0 amide bonds. The fourth-order valence-electron chi connectivity index (χ4n) is 1.75. The quantitative estimate of drug-likeness (QED) is 0.686. The first kappa shape index (κ1) is 14.1. The first-order valence-corrected chi connectivity index (χ1v) is 6.35. The monoisotopic (exact) mass is 256 g/mol. The maximum absolute atomic E-state index is 9.48. The van der Waals surface area contributed by atoms with Crippen LogP contribution in [0.3, 0.4) is 0 Å². The molecule has 0 heterocycles. The maximum Gasteiger partial charge on any atom is 0.0739 e. The minimum atomic E-state index is -0.0885. The third-order valence-corrected chi connectivity index (χ3v) is 3.87. The molecule has 0 fully saturated rings. The van der Waals surface area contributed by atoms with E-state index >= 15 is 0 Å². The Morgan fingerprint density at radius 1 is 1.35 bits per heavy atom. The van der Waals surface area contributed by atoms with Crippen LogP contribution < -0.4 is 11.1 Å². The van der Waals surface area contributed by atoms with Crippen molar-refractivity contribution in [3.63, 3.8) is 0 Å². The third-order valence-electron chi connectivity index (χ3n) is 3.54. The smallest absolute Gasteiger partial charge is 0.0739 e. The predicted octanol–water partition coefficient (Wildman–Crippen LogP) is 3.13. The van der Waals surface area contributed by atoms with E-state index < -0.39 is 0 Å². The molecule has 0 aliphatic heterocycles. The van der Waals surface area contributed by atoms with Gasteiger partial charge in [0.05, 0.1) is 23.0 Å². The number of rotatable bonds is 6. The molecule has 0 aliphatic rings. The maximum atomic E-state index is 9.48. The Kier molecular flexibility index (Phi) is 5.09. The summed E-state index contributed by atoms with van der Waals surface area (Å²) in [6.07, 6.45) is 1.85. The number of nitrogens with one attached hydrogen (secondary N) is 1. The van der Waals surface area contributed by atoms with Crippen LogP contribution in [0.4, 0.5) is 11.4 Å². The summed E-state index contributed by atoms with van der Waals surface area (Å²) in [7, 11) is 0. The molecule has 1 rings (SSSR count). The van der Waals surface area contributed by atoms with E-state index in [4.69, 9.17) is 17.3 Å². The van der Waals surface area contributed by atoms with Gasteiger partial charge in [0.15, 0.2) is 0 Å². The zero-order valence-corrected chi connectivity index (χ0v) is 11.2. The Morgan fingerprint density at radius 2 is 2.00 bits per heavy atom. The Hall–Kier alpha value is -0.930. The standard InChI is InChI=1S/C13H21ClN2O/c1-3-13(4-2,9-17)8-16-11-7-5-6-10(14)12(11)15/h5-7,16-17H,3-4,8-9,15H2,1-2H3. The van der Waals surface area contributed by atoms with Crippen LogP contribution in [0.25, 0.3) is 0 Å². The summed E-state index contributed by atoms with van der Waals surface area (Å²) in [5, 5.41) is 13.3. The van der Waals surface area contributed by atoms with E-state index in [0.29, 0.717) is 17.3 Å². The highest BCUT2D eigenvalue weighted by atomic mass is 35.5. The minimum absolute atomic E-state index is 0.0885. The fraction of sp³-hybridized carbons (Fsp3) is 0.538. The normalized spacial score (nSPS) is 11.5. The van der Waals surface area contributed by atoms with Gasteiger partial charge in [0.1, 0.15) is 0 Å². The molecule has 0 aromatic heterocycles. The SMILES string of the molecule is CCC(CC)(CO)CNc1cccc(Cl)c1N. The molecular formula is C13H21ClN2O. The zero-order valence-electron chi connectivity index (χ0n) is 10.5. The molecule has 0 spiro atoms. The van der Waals surface area contributed by atoms with Crippen molar-refractivity contribution in [2.75, 3.05) is 24.2 Å². The summed E-state index contributed by atoms with van der Waals surface area (Å²) in [6, 6.07) is 5.52. The second kappa shape index (κ2) is 6.12. The first-order chi connectivity index (χ1) is 8.08. The number of benzene rings is 1. The Morgan fingerprint density at radius 3 is 2.53 bits per heavy atom. The molecule has 0 aliphatic carbocycles. The summed E-state index contributed by atoms with van der Waals surface area (Å²) in [4.78, 5) is 0. The number of aliphatic hydroxyl groups excluding tert-OH is 1. The second-order valence-electron chi connectivity index (χ2n) is 4.42. The minimum Gasteiger partial charge on any atom is -0.396 e. The lowest BCUT2D eigenvalue weighted by Gasteiger charge is -2.30. The van der Waals surface area contributed by atoms with Crippen LogP contribution in [0.1, 0.15) is 26.7 Å². The number of halogens is 1. The molecule has 0 bridgehead atoms. The van der Waals surface area contributed by atoms with Crippen molar-refractivity contribution < 1.29 is 5.11 Å². The van der Waals surface area contributed by atoms with E-state index in [1.54, 1.807) is 6.07 Å². The van der Waals surface area contributed by atoms with Gasteiger partial charge in [-0.15, -0.1) is 0 Å². The van der Waals surface area contributed by atoms with Crippen LogP contribution in [-0.2, 0) is 0 Å². The van der Waals surface area contributed by atoms with Gasteiger partial charge in [-0.2, -0.15) is 0 Å². The van der Waals surface area contributed by atoms with Crippen LogP contribution in [0.5, 0.6) is 0 Å². The van der Waals surface area contributed by atoms with Gasteiger partial charge >= 0.3 is 0 Å². The van der Waals surface area contributed by atoms with Crippen LogP contribution in [-0.4, -0.2) is 18.3 Å². The molecule has 0 atom stereocenters. The van der Waals surface area contributed by atoms with Crippen molar-refractivity contribution in [2.45, 2.75) is 26.7 Å². The van der Waals surface area contributed by atoms with E-state index in [9.17, 15) is 5.11 Å². The van der Waals surface area contributed by atoms with Crippen LogP contribution in [0, 0.1) is 5.41 Å². The van der Waals surface area contributed by atoms with Crippen molar-refractivity contribution in [1.29, 1.82) is 0 Å². The number of aliphatic hydroxyl groups is 1.